The standard InChI is InChI=1S/C19H32OSi/c1-6-8-10-16-18(13-7-2)20-19(21(3,4)5)17-14-11-9-12-15-17/h7,9,11-12,14-15,18-19H,2,6,8,10,13,16H2,1,3-5H3/t18-,19-/m0/s1. The largest absolute Gasteiger partial charge is 0.374 e. The van der Waals surface area contributed by atoms with Crippen molar-refractivity contribution in [1.29, 1.82) is 0 Å². The molecule has 1 rings (SSSR count). The summed E-state index contributed by atoms with van der Waals surface area (Å²) >= 11 is 0. The summed E-state index contributed by atoms with van der Waals surface area (Å²) in [5, 5.41) is 0. The smallest absolute Gasteiger partial charge is 0.0842 e. The van der Waals surface area contributed by atoms with Crippen LogP contribution in [0.25, 0.3) is 0 Å². The lowest BCUT2D eigenvalue weighted by molar-refractivity contribution is 0.0195. The Morgan fingerprint density at radius 2 is 1.81 bits per heavy atom. The van der Waals surface area contributed by atoms with Gasteiger partial charge in [0.25, 0.3) is 0 Å². The van der Waals surface area contributed by atoms with Crippen LogP contribution in [0.15, 0.2) is 43.0 Å². The fourth-order valence-corrected chi connectivity index (χ4v) is 4.45. The number of hydrogen-bond donors (Lipinski definition) is 0. The van der Waals surface area contributed by atoms with Crippen molar-refractivity contribution in [3.63, 3.8) is 0 Å². The van der Waals surface area contributed by atoms with Crippen molar-refractivity contribution in [2.24, 2.45) is 0 Å². The highest BCUT2D eigenvalue weighted by molar-refractivity contribution is 6.77. The van der Waals surface area contributed by atoms with Gasteiger partial charge in [0.05, 0.1) is 19.9 Å². The van der Waals surface area contributed by atoms with E-state index in [-0.39, 0.29) is 5.73 Å². The van der Waals surface area contributed by atoms with E-state index >= 15 is 0 Å². The molecule has 0 heterocycles. The topological polar surface area (TPSA) is 9.23 Å². The Kier molecular flexibility index (Phi) is 7.98. The highest BCUT2D eigenvalue weighted by Gasteiger charge is 2.31. The van der Waals surface area contributed by atoms with Crippen molar-refractivity contribution in [2.75, 3.05) is 0 Å². The predicted octanol–water partition coefficient (Wildman–Crippen LogP) is 6.15. The van der Waals surface area contributed by atoms with Crippen molar-refractivity contribution >= 4 is 8.07 Å². The zero-order valence-electron chi connectivity index (χ0n) is 14.3. The number of hydrogen-bond acceptors (Lipinski definition) is 1. The van der Waals surface area contributed by atoms with Gasteiger partial charge in [-0.05, 0) is 18.4 Å². The number of benzene rings is 1. The Bertz CT molecular complexity index is 394. The first-order valence-corrected chi connectivity index (χ1v) is 11.9. The number of ether oxygens (including phenoxy) is 1. The summed E-state index contributed by atoms with van der Waals surface area (Å²) in [5.41, 5.74) is 1.60. The lowest BCUT2D eigenvalue weighted by Crippen LogP contribution is -2.35. The third-order valence-electron chi connectivity index (χ3n) is 3.78. The molecule has 0 aliphatic heterocycles. The third kappa shape index (κ3) is 6.62. The minimum atomic E-state index is -1.42. The molecule has 0 radical (unpaired) electrons. The van der Waals surface area contributed by atoms with Gasteiger partial charge < -0.3 is 4.74 Å². The molecule has 0 bridgehead atoms. The van der Waals surface area contributed by atoms with Crippen LogP contribution in [0.3, 0.4) is 0 Å². The van der Waals surface area contributed by atoms with Crippen molar-refractivity contribution < 1.29 is 4.74 Å². The highest BCUT2D eigenvalue weighted by Crippen LogP contribution is 2.31. The summed E-state index contributed by atoms with van der Waals surface area (Å²) in [6, 6.07) is 10.7. The van der Waals surface area contributed by atoms with E-state index in [1.807, 2.05) is 6.08 Å². The lowest BCUT2D eigenvalue weighted by atomic mass is 10.1. The van der Waals surface area contributed by atoms with Crippen molar-refractivity contribution in [3.8, 4) is 0 Å². The molecule has 2 atom stereocenters. The number of unbranched alkanes of at least 4 members (excludes halogenated alkanes) is 2. The molecule has 0 spiro atoms. The molecule has 1 aromatic carbocycles. The van der Waals surface area contributed by atoms with Gasteiger partial charge in [-0.25, -0.2) is 0 Å². The summed E-state index contributed by atoms with van der Waals surface area (Å²) in [4.78, 5) is 0. The van der Waals surface area contributed by atoms with Crippen LogP contribution >= 0.6 is 0 Å². The average molecular weight is 305 g/mol. The van der Waals surface area contributed by atoms with Crippen LogP contribution in [0.5, 0.6) is 0 Å². The Hall–Kier alpha value is -0.863. The van der Waals surface area contributed by atoms with E-state index in [4.69, 9.17) is 4.74 Å². The van der Waals surface area contributed by atoms with E-state index in [2.05, 4.69) is 63.5 Å². The first kappa shape index (κ1) is 18.2. The first-order valence-electron chi connectivity index (χ1n) is 8.30. The van der Waals surface area contributed by atoms with Crippen LogP contribution in [0.4, 0.5) is 0 Å². The van der Waals surface area contributed by atoms with Gasteiger partial charge in [0.15, 0.2) is 0 Å². The van der Waals surface area contributed by atoms with E-state index in [0.29, 0.717) is 6.10 Å². The molecular weight excluding hydrogens is 272 g/mol. The maximum Gasteiger partial charge on any atom is 0.0842 e. The minimum absolute atomic E-state index is 0.269. The van der Waals surface area contributed by atoms with Crippen LogP contribution in [0.1, 0.15) is 50.3 Å². The number of rotatable bonds is 10. The second-order valence-corrected chi connectivity index (χ2v) is 12.2. The summed E-state index contributed by atoms with van der Waals surface area (Å²) < 4.78 is 6.58. The third-order valence-corrected chi connectivity index (χ3v) is 5.82. The molecular formula is C19H32OSi. The molecule has 21 heavy (non-hydrogen) atoms. The normalized spacial score (nSPS) is 14.7. The Balaban J connectivity index is 2.80. The highest BCUT2D eigenvalue weighted by atomic mass is 28.3. The van der Waals surface area contributed by atoms with Gasteiger partial charge >= 0.3 is 0 Å². The minimum Gasteiger partial charge on any atom is -0.374 e. The van der Waals surface area contributed by atoms with E-state index in [9.17, 15) is 0 Å². The molecule has 0 saturated carbocycles. The van der Waals surface area contributed by atoms with Crippen LogP contribution in [-0.2, 0) is 4.74 Å². The molecule has 0 fully saturated rings. The Morgan fingerprint density at radius 3 is 2.33 bits per heavy atom. The van der Waals surface area contributed by atoms with E-state index in [0.717, 1.165) is 12.8 Å². The van der Waals surface area contributed by atoms with Gasteiger partial charge in [0.2, 0.25) is 0 Å². The fraction of sp³-hybridized carbons (Fsp3) is 0.579. The molecule has 0 aliphatic rings. The fourth-order valence-electron chi connectivity index (χ4n) is 2.65. The van der Waals surface area contributed by atoms with Crippen molar-refractivity contribution in [3.05, 3.63) is 48.6 Å². The molecule has 0 aromatic heterocycles. The summed E-state index contributed by atoms with van der Waals surface area (Å²) in [7, 11) is -1.42. The molecule has 0 aliphatic carbocycles. The zero-order chi connectivity index (χ0) is 15.7. The second kappa shape index (κ2) is 9.21. The monoisotopic (exact) mass is 304 g/mol. The maximum absolute atomic E-state index is 6.58. The van der Waals surface area contributed by atoms with Crippen LogP contribution in [-0.4, -0.2) is 14.2 Å². The molecule has 1 aromatic rings. The van der Waals surface area contributed by atoms with Gasteiger partial charge in [0.1, 0.15) is 0 Å². The van der Waals surface area contributed by atoms with Gasteiger partial charge in [-0.2, -0.15) is 0 Å². The van der Waals surface area contributed by atoms with Gasteiger partial charge in [-0.3, -0.25) is 0 Å². The molecule has 2 heteroatoms. The van der Waals surface area contributed by atoms with Crippen molar-refractivity contribution in [2.45, 2.75) is 70.5 Å². The zero-order valence-corrected chi connectivity index (χ0v) is 15.3. The quantitative estimate of drug-likeness (QED) is 0.286. The van der Waals surface area contributed by atoms with Crippen LogP contribution in [0, 0.1) is 0 Å². The van der Waals surface area contributed by atoms with Gasteiger partial charge in [-0.15, -0.1) is 6.58 Å². The Morgan fingerprint density at radius 1 is 1.14 bits per heavy atom. The summed E-state index contributed by atoms with van der Waals surface area (Å²) in [6.07, 6.45) is 8.22. The molecule has 0 unspecified atom stereocenters. The average Bonchev–Trinajstić information content (AvgIpc) is 2.44. The molecule has 1 nitrogen and oxygen atoms in total. The van der Waals surface area contributed by atoms with Crippen LogP contribution < -0.4 is 0 Å². The van der Waals surface area contributed by atoms with Crippen LogP contribution in [0.2, 0.25) is 19.6 Å². The lowest BCUT2D eigenvalue weighted by Gasteiger charge is -2.33. The SMILES string of the molecule is C=CC[C@@H](CCCCC)O[C@H](c1ccccc1)[Si](C)(C)C. The molecule has 118 valence electrons. The Labute approximate surface area is 132 Å². The van der Waals surface area contributed by atoms with E-state index in [1.165, 1.54) is 24.8 Å². The second-order valence-electron chi connectivity index (χ2n) is 6.93. The first-order chi connectivity index (χ1) is 9.99. The van der Waals surface area contributed by atoms with Crippen molar-refractivity contribution in [1.82, 2.24) is 0 Å². The van der Waals surface area contributed by atoms with E-state index < -0.39 is 8.07 Å². The predicted molar refractivity (Wildman–Crippen MR) is 96.4 cm³/mol. The van der Waals surface area contributed by atoms with Gasteiger partial charge in [0, 0.05) is 0 Å². The van der Waals surface area contributed by atoms with Gasteiger partial charge in [-0.1, -0.05) is 82.2 Å². The maximum atomic E-state index is 6.58. The molecule has 0 amide bonds. The molecule has 0 saturated heterocycles. The molecule has 0 N–H and O–H groups in total. The summed E-state index contributed by atoms with van der Waals surface area (Å²) in [6.45, 7) is 13.3. The summed E-state index contributed by atoms with van der Waals surface area (Å²) in [5.74, 6) is 0. The van der Waals surface area contributed by atoms with E-state index in [1.54, 1.807) is 0 Å².